The van der Waals surface area contributed by atoms with Gasteiger partial charge in [0.15, 0.2) is 6.07 Å². The number of hydrogen-bond donors (Lipinski definition) is 0. The number of halogens is 1. The first-order valence-electron chi connectivity index (χ1n) is 6.20. The smallest absolute Gasteiger partial charge is 0.463 e. The van der Waals surface area contributed by atoms with Crippen LogP contribution in [0, 0.1) is 0 Å². The summed E-state index contributed by atoms with van der Waals surface area (Å²) in [6.45, 7) is 3.73. The second-order valence-corrected chi connectivity index (χ2v) is 3.67. The first-order valence-corrected chi connectivity index (χ1v) is 6.74. The summed E-state index contributed by atoms with van der Waals surface area (Å²) >= 11 is 5.12. The molecule has 0 N–H and O–H groups in total. The molecule has 1 rings (SSSR count). The Morgan fingerprint density at radius 2 is 1.67 bits per heavy atom. The quantitative estimate of drug-likeness (QED) is 0.333. The summed E-state index contributed by atoms with van der Waals surface area (Å²) in [7, 11) is 0. The molecule has 0 unspecified atom stereocenters. The van der Waals surface area contributed by atoms with E-state index in [0.29, 0.717) is 12.8 Å². The molecule has 1 heterocycles. The summed E-state index contributed by atoms with van der Waals surface area (Å²) in [5, 5.41) is 0. The monoisotopic (exact) mass is 315 g/mol. The van der Waals surface area contributed by atoms with Crippen LogP contribution in [-0.2, 0) is 19.0 Å². The van der Waals surface area contributed by atoms with Crippen molar-refractivity contribution in [2.45, 2.75) is 12.8 Å². The molecular weight excluding hydrogens is 298 g/mol. The van der Waals surface area contributed by atoms with Gasteiger partial charge >= 0.3 is 12.1 Å². The second kappa shape index (κ2) is 14.3. The number of aromatic nitrogens is 1. The van der Waals surface area contributed by atoms with Crippen molar-refractivity contribution in [3.05, 3.63) is 43.2 Å². The Morgan fingerprint density at radius 3 is 2.10 bits per heavy atom. The van der Waals surface area contributed by atoms with Gasteiger partial charge in [0, 0.05) is 18.5 Å². The highest BCUT2D eigenvalue weighted by Gasteiger charge is 2.01. The lowest BCUT2D eigenvalue weighted by Crippen LogP contribution is -2.08. The average Bonchev–Trinajstić information content (AvgIpc) is 2.53. The summed E-state index contributed by atoms with van der Waals surface area (Å²) in [5.74, 6) is -0.461. The van der Waals surface area contributed by atoms with E-state index >= 15 is 0 Å². The van der Waals surface area contributed by atoms with Crippen LogP contribution in [-0.4, -0.2) is 36.4 Å². The number of ether oxygens (including phenoxy) is 3. The number of hydrogen-bond acceptors (Lipinski definition) is 6. The molecule has 0 aliphatic heterocycles. The molecule has 0 amide bonds. The Balaban J connectivity index is 0.000000547. The molecule has 0 fully saturated rings. The molecule has 116 valence electrons. The summed E-state index contributed by atoms with van der Waals surface area (Å²) in [6, 6.07) is 5.49. The first kappa shape index (κ1) is 18.9. The van der Waals surface area contributed by atoms with Crippen LogP contribution >= 0.6 is 11.6 Å². The fourth-order valence-corrected chi connectivity index (χ4v) is 1.08. The van der Waals surface area contributed by atoms with Gasteiger partial charge in [0.2, 0.25) is 0 Å². The summed E-state index contributed by atoms with van der Waals surface area (Å²) < 4.78 is 13.6. The molecule has 0 aliphatic rings. The van der Waals surface area contributed by atoms with Gasteiger partial charge in [-0.05, 0) is 25.0 Å². The highest BCUT2D eigenvalue weighted by Crippen LogP contribution is 1.94. The predicted molar refractivity (Wildman–Crippen MR) is 77.8 cm³/mol. The van der Waals surface area contributed by atoms with Crippen molar-refractivity contribution >= 4 is 23.7 Å². The predicted octanol–water partition coefficient (Wildman–Crippen LogP) is 2.93. The van der Waals surface area contributed by atoms with E-state index in [9.17, 15) is 9.59 Å². The number of nitrogens with zero attached hydrogens (tertiary/aromatic N) is 1. The Kier molecular flexibility index (Phi) is 12.9. The van der Waals surface area contributed by atoms with Crippen LogP contribution in [0.4, 0.5) is 4.79 Å². The Labute approximate surface area is 128 Å². The van der Waals surface area contributed by atoms with E-state index in [1.807, 2.05) is 18.2 Å². The van der Waals surface area contributed by atoms with Gasteiger partial charge in [-0.25, -0.2) is 9.59 Å². The fraction of sp³-hybridized carbons (Fsp3) is 0.357. The van der Waals surface area contributed by atoms with E-state index in [1.54, 1.807) is 12.4 Å². The molecule has 0 spiro atoms. The molecule has 0 bridgehead atoms. The lowest BCUT2D eigenvalue weighted by Gasteiger charge is -2.03. The molecule has 6 nitrogen and oxygen atoms in total. The van der Waals surface area contributed by atoms with Gasteiger partial charge in [-0.2, -0.15) is 0 Å². The van der Waals surface area contributed by atoms with Crippen LogP contribution in [0.1, 0.15) is 12.8 Å². The molecule has 7 heteroatoms. The van der Waals surface area contributed by atoms with Gasteiger partial charge in [-0.3, -0.25) is 4.98 Å². The van der Waals surface area contributed by atoms with Crippen molar-refractivity contribution in [2.75, 3.05) is 19.3 Å². The van der Waals surface area contributed by atoms with Crippen molar-refractivity contribution in [3.8, 4) is 0 Å². The van der Waals surface area contributed by atoms with Gasteiger partial charge in [0.05, 0.1) is 13.2 Å². The van der Waals surface area contributed by atoms with Crippen LogP contribution < -0.4 is 0 Å². The average molecular weight is 316 g/mol. The van der Waals surface area contributed by atoms with Crippen LogP contribution in [0.2, 0.25) is 0 Å². The molecule has 1 aromatic rings. The van der Waals surface area contributed by atoms with Crippen LogP contribution in [0.25, 0.3) is 0 Å². The number of alkyl halides is 1. The zero-order valence-corrected chi connectivity index (χ0v) is 12.3. The molecule has 0 saturated carbocycles. The lowest BCUT2D eigenvalue weighted by molar-refractivity contribution is -0.137. The highest BCUT2D eigenvalue weighted by molar-refractivity contribution is 6.17. The normalized spacial score (nSPS) is 8.81. The maximum absolute atomic E-state index is 10.6. The van der Waals surface area contributed by atoms with Crippen molar-refractivity contribution in [3.63, 3.8) is 0 Å². The van der Waals surface area contributed by atoms with Gasteiger partial charge in [-0.1, -0.05) is 24.2 Å². The number of unbranched alkanes of at least 4 members (excludes halogenated alkanes) is 1. The maximum Gasteiger partial charge on any atom is 0.509 e. The third kappa shape index (κ3) is 14.1. The van der Waals surface area contributed by atoms with Gasteiger partial charge in [-0.15, -0.1) is 0 Å². The highest BCUT2D eigenvalue weighted by atomic mass is 35.5. The number of carbonyl (C=O) groups excluding carboxylic acids is 2. The number of rotatable bonds is 7. The van der Waals surface area contributed by atoms with E-state index in [1.165, 1.54) is 0 Å². The topological polar surface area (TPSA) is 74.7 Å². The molecule has 0 aliphatic carbocycles. The van der Waals surface area contributed by atoms with E-state index in [0.717, 1.165) is 6.08 Å². The third-order valence-corrected chi connectivity index (χ3v) is 2.02. The minimum Gasteiger partial charge on any atom is -0.463 e. The van der Waals surface area contributed by atoms with E-state index in [4.69, 9.17) is 16.3 Å². The van der Waals surface area contributed by atoms with Gasteiger partial charge in [0.25, 0.3) is 0 Å². The summed E-state index contributed by atoms with van der Waals surface area (Å²) in [4.78, 5) is 25.0. The van der Waals surface area contributed by atoms with Gasteiger partial charge < -0.3 is 14.2 Å². The zero-order chi connectivity index (χ0) is 15.8. The molecule has 0 radical (unpaired) electrons. The van der Waals surface area contributed by atoms with E-state index in [-0.39, 0.29) is 19.3 Å². The Morgan fingerprint density at radius 1 is 1.05 bits per heavy atom. The third-order valence-electron chi connectivity index (χ3n) is 1.91. The van der Waals surface area contributed by atoms with E-state index < -0.39 is 12.1 Å². The second-order valence-electron chi connectivity index (χ2n) is 3.46. The van der Waals surface area contributed by atoms with Crippen LogP contribution in [0.3, 0.4) is 0 Å². The maximum atomic E-state index is 10.6. The number of esters is 1. The minimum absolute atomic E-state index is 0.210. The molecule has 0 saturated heterocycles. The summed E-state index contributed by atoms with van der Waals surface area (Å²) in [6.07, 6.45) is 4.98. The van der Waals surface area contributed by atoms with Crippen molar-refractivity contribution < 1.29 is 23.8 Å². The largest absolute Gasteiger partial charge is 0.509 e. The SMILES string of the molecule is C=CC(=O)OCCCCOC(=O)OCCl.c1ccncc1. The van der Waals surface area contributed by atoms with Crippen molar-refractivity contribution in [1.29, 1.82) is 0 Å². The molecular formula is C14H18ClNO5. The van der Waals surface area contributed by atoms with Crippen LogP contribution in [0.15, 0.2) is 43.2 Å². The zero-order valence-electron chi connectivity index (χ0n) is 11.6. The Hall–Kier alpha value is -2.08. The standard InChI is InChI=1S/C9H13ClO5.C5H5N/c1-2-8(11)13-5-3-4-6-14-9(12)15-7-10;1-2-4-6-5-3-1/h2H,1,3-7H2;1-5H. The Bertz CT molecular complexity index is 373. The van der Waals surface area contributed by atoms with E-state index in [2.05, 4.69) is 21.0 Å². The lowest BCUT2D eigenvalue weighted by atomic mass is 10.3. The molecule has 0 atom stereocenters. The first-order chi connectivity index (χ1) is 10.2. The summed E-state index contributed by atoms with van der Waals surface area (Å²) in [5.41, 5.74) is 0. The fourth-order valence-electron chi connectivity index (χ4n) is 0.990. The minimum atomic E-state index is -0.798. The number of pyridine rings is 1. The van der Waals surface area contributed by atoms with Gasteiger partial charge in [0.1, 0.15) is 0 Å². The molecule has 21 heavy (non-hydrogen) atoms. The molecule has 1 aromatic heterocycles. The van der Waals surface area contributed by atoms with Crippen LogP contribution in [0.5, 0.6) is 0 Å². The van der Waals surface area contributed by atoms with Crippen molar-refractivity contribution in [1.82, 2.24) is 4.98 Å². The molecule has 0 aromatic carbocycles. The van der Waals surface area contributed by atoms with Crippen molar-refractivity contribution in [2.24, 2.45) is 0 Å². The number of carbonyl (C=O) groups is 2.